The van der Waals surface area contributed by atoms with E-state index in [-0.39, 0.29) is 37.1 Å². The Hall–Kier alpha value is -2.64. The fourth-order valence-corrected chi connectivity index (χ4v) is 3.25. The zero-order chi connectivity index (χ0) is 22.1. The van der Waals surface area contributed by atoms with Crippen LogP contribution in [0.2, 0.25) is 0 Å². The molecule has 0 unspecified atom stereocenters. The number of benzene rings is 2. The van der Waals surface area contributed by atoms with Crippen LogP contribution in [-0.2, 0) is 17.6 Å². The molecule has 2 aromatic carbocycles. The van der Waals surface area contributed by atoms with E-state index in [2.05, 4.69) is 15.6 Å². The van der Waals surface area contributed by atoms with Gasteiger partial charge in [-0.1, -0.05) is 54.1 Å². The molecule has 6 nitrogen and oxygen atoms in total. The molecule has 0 aliphatic carbocycles. The van der Waals surface area contributed by atoms with Crippen molar-refractivity contribution in [1.82, 2.24) is 14.9 Å². The monoisotopic (exact) mass is 490 g/mol. The predicted octanol–water partition coefficient (Wildman–Crippen LogP) is 4.65. The first-order valence-electron chi connectivity index (χ1n) is 10.5. The van der Waals surface area contributed by atoms with Crippen molar-refractivity contribution < 1.29 is 9.90 Å². The van der Waals surface area contributed by atoms with Gasteiger partial charge in [-0.15, -0.1) is 24.8 Å². The minimum Gasteiger partial charge on any atom is -0.387 e. The Kier molecular flexibility index (Phi) is 12.5. The number of rotatable bonds is 10. The van der Waals surface area contributed by atoms with Crippen LogP contribution < -0.4 is 10.6 Å². The number of anilines is 1. The summed E-state index contributed by atoms with van der Waals surface area (Å²) in [6.07, 6.45) is 4.31. The molecule has 0 radical (unpaired) electrons. The second-order valence-electron chi connectivity index (χ2n) is 7.73. The summed E-state index contributed by atoms with van der Waals surface area (Å²) < 4.78 is 1.92. The van der Waals surface area contributed by atoms with E-state index in [9.17, 15) is 9.90 Å². The Morgan fingerprint density at radius 1 is 1.06 bits per heavy atom. The van der Waals surface area contributed by atoms with Crippen molar-refractivity contribution in [2.45, 2.75) is 32.8 Å². The van der Waals surface area contributed by atoms with Gasteiger partial charge in [0.05, 0.1) is 18.2 Å². The molecular weight excluding hydrogens is 459 g/mol. The molecular formula is C25H32Cl2N4O2. The van der Waals surface area contributed by atoms with Gasteiger partial charge in [-0.05, 0) is 31.5 Å². The summed E-state index contributed by atoms with van der Waals surface area (Å²) in [6, 6.07) is 19.0. The largest absolute Gasteiger partial charge is 0.387 e. The third-order valence-electron chi connectivity index (χ3n) is 4.71. The molecule has 1 aromatic heterocycles. The number of aliphatic hydroxyl groups excluding tert-OH is 1. The smallest absolute Gasteiger partial charge is 0.231 e. The van der Waals surface area contributed by atoms with E-state index in [0.717, 1.165) is 22.5 Å². The van der Waals surface area contributed by atoms with E-state index in [1.54, 1.807) is 0 Å². The average molecular weight is 491 g/mol. The van der Waals surface area contributed by atoms with Crippen LogP contribution in [0.1, 0.15) is 37.0 Å². The third-order valence-corrected chi connectivity index (χ3v) is 4.71. The number of nitrogens with one attached hydrogen (secondary N) is 2. The fourth-order valence-electron chi connectivity index (χ4n) is 3.25. The molecule has 33 heavy (non-hydrogen) atoms. The van der Waals surface area contributed by atoms with Gasteiger partial charge in [0.2, 0.25) is 5.91 Å². The van der Waals surface area contributed by atoms with Gasteiger partial charge >= 0.3 is 0 Å². The molecule has 3 rings (SSSR count). The van der Waals surface area contributed by atoms with E-state index in [4.69, 9.17) is 0 Å². The number of allylic oxidation sites excluding steroid dienone is 1. The average Bonchev–Trinajstić information content (AvgIpc) is 3.12. The number of aromatic nitrogens is 2. The summed E-state index contributed by atoms with van der Waals surface area (Å²) in [7, 11) is 0. The van der Waals surface area contributed by atoms with Crippen LogP contribution in [0.15, 0.2) is 72.4 Å². The summed E-state index contributed by atoms with van der Waals surface area (Å²) in [4.78, 5) is 17.1. The van der Waals surface area contributed by atoms with Gasteiger partial charge in [-0.25, -0.2) is 4.98 Å². The second kappa shape index (κ2) is 14.5. The maximum atomic E-state index is 12.5. The quantitative estimate of drug-likeness (QED) is 0.361. The highest BCUT2D eigenvalue weighted by molar-refractivity contribution is 5.91. The lowest BCUT2D eigenvalue weighted by molar-refractivity contribution is -0.115. The zero-order valence-electron chi connectivity index (χ0n) is 18.9. The van der Waals surface area contributed by atoms with Crippen LogP contribution in [0.25, 0.3) is 6.20 Å². The number of aliphatic hydroxyl groups is 1. The standard InChI is InChI=1S/C25H30N4O2.2ClH/c1-19(2)17-29-18-22(13-14-26-16-23(30)20-9-5-3-6-10-20)27-24(29)15-25(31)28-21-11-7-4-8-12-21;;/h3-12,17-18,23,26,30H,13-16H2,1-2H3,(H,28,31);2*1H/t23-;;/m0../s1. The molecule has 1 amide bonds. The first-order valence-corrected chi connectivity index (χ1v) is 10.5. The van der Waals surface area contributed by atoms with E-state index in [0.29, 0.717) is 25.3 Å². The van der Waals surface area contributed by atoms with Crippen LogP contribution in [-0.4, -0.2) is 33.7 Å². The van der Waals surface area contributed by atoms with Gasteiger partial charge in [0, 0.05) is 37.6 Å². The Morgan fingerprint density at radius 2 is 1.70 bits per heavy atom. The molecule has 0 saturated carbocycles. The summed E-state index contributed by atoms with van der Waals surface area (Å²) in [5, 5.41) is 16.4. The zero-order valence-corrected chi connectivity index (χ0v) is 20.5. The number of hydrogen-bond acceptors (Lipinski definition) is 4. The fraction of sp³-hybridized carbons (Fsp3) is 0.280. The number of halogens is 2. The van der Waals surface area contributed by atoms with Crippen LogP contribution in [0.5, 0.6) is 0 Å². The Labute approximate surface area is 208 Å². The van der Waals surface area contributed by atoms with E-state index < -0.39 is 6.10 Å². The molecule has 8 heteroatoms. The summed E-state index contributed by atoms with van der Waals surface area (Å²) in [5.41, 5.74) is 3.70. The summed E-state index contributed by atoms with van der Waals surface area (Å²) >= 11 is 0. The van der Waals surface area contributed by atoms with Crippen molar-refractivity contribution in [3.05, 3.63) is 89.5 Å². The molecule has 0 aliphatic heterocycles. The molecule has 3 N–H and O–H groups in total. The number of carbonyl (C=O) groups is 1. The summed E-state index contributed by atoms with van der Waals surface area (Å²) in [6.45, 7) is 5.19. The van der Waals surface area contributed by atoms with Crippen molar-refractivity contribution in [2.24, 2.45) is 0 Å². The van der Waals surface area contributed by atoms with E-state index in [1.165, 1.54) is 0 Å². The lowest BCUT2D eigenvalue weighted by Gasteiger charge is -2.11. The van der Waals surface area contributed by atoms with Crippen molar-refractivity contribution in [1.29, 1.82) is 0 Å². The van der Waals surface area contributed by atoms with Crippen LogP contribution >= 0.6 is 24.8 Å². The van der Waals surface area contributed by atoms with Gasteiger partial charge < -0.3 is 20.3 Å². The maximum Gasteiger partial charge on any atom is 0.231 e. The number of para-hydroxylation sites is 1. The molecule has 0 fully saturated rings. The normalized spacial score (nSPS) is 11.0. The predicted molar refractivity (Wildman–Crippen MR) is 139 cm³/mol. The maximum absolute atomic E-state index is 12.5. The van der Waals surface area contributed by atoms with Gasteiger partial charge in [-0.2, -0.15) is 0 Å². The van der Waals surface area contributed by atoms with Crippen LogP contribution in [0, 0.1) is 0 Å². The van der Waals surface area contributed by atoms with Crippen LogP contribution in [0.3, 0.4) is 0 Å². The van der Waals surface area contributed by atoms with Crippen molar-refractivity contribution in [2.75, 3.05) is 18.4 Å². The molecule has 0 spiro atoms. The molecule has 0 bridgehead atoms. The minimum absolute atomic E-state index is 0. The van der Waals surface area contributed by atoms with Gasteiger partial charge in [0.25, 0.3) is 0 Å². The second-order valence-corrected chi connectivity index (χ2v) is 7.73. The molecule has 1 heterocycles. The van der Waals surface area contributed by atoms with E-state index in [1.807, 2.05) is 91.5 Å². The molecule has 3 aromatic rings. The number of carbonyl (C=O) groups excluding carboxylic acids is 1. The Balaban J connectivity index is 0.00000272. The molecule has 0 saturated heterocycles. The van der Waals surface area contributed by atoms with Crippen molar-refractivity contribution in [3.63, 3.8) is 0 Å². The topological polar surface area (TPSA) is 79.2 Å². The SMILES string of the molecule is CC(C)=Cn1cc(CCNC[C@H](O)c2ccccc2)nc1CC(=O)Nc1ccccc1.Cl.Cl. The number of hydrogen-bond donors (Lipinski definition) is 3. The lowest BCUT2D eigenvalue weighted by Crippen LogP contribution is -2.23. The first-order chi connectivity index (χ1) is 15.0. The van der Waals surface area contributed by atoms with Gasteiger partial charge in [0.15, 0.2) is 0 Å². The van der Waals surface area contributed by atoms with Crippen molar-refractivity contribution >= 4 is 42.6 Å². The Morgan fingerprint density at radius 3 is 2.33 bits per heavy atom. The number of amides is 1. The number of imidazole rings is 1. The Bertz CT molecular complexity index is 1000. The molecule has 1 atom stereocenters. The highest BCUT2D eigenvalue weighted by Crippen LogP contribution is 2.12. The van der Waals surface area contributed by atoms with E-state index >= 15 is 0 Å². The third kappa shape index (κ3) is 9.40. The first kappa shape index (κ1) is 28.4. The van der Waals surface area contributed by atoms with Gasteiger partial charge in [0.1, 0.15) is 5.82 Å². The minimum atomic E-state index is -0.540. The summed E-state index contributed by atoms with van der Waals surface area (Å²) in [5.74, 6) is 0.602. The van der Waals surface area contributed by atoms with Crippen molar-refractivity contribution in [3.8, 4) is 0 Å². The highest BCUT2D eigenvalue weighted by atomic mass is 35.5. The molecule has 178 valence electrons. The highest BCUT2D eigenvalue weighted by Gasteiger charge is 2.12. The number of nitrogens with zero attached hydrogens (tertiary/aromatic N) is 2. The molecule has 0 aliphatic rings. The lowest BCUT2D eigenvalue weighted by atomic mass is 10.1. The van der Waals surface area contributed by atoms with Crippen LogP contribution in [0.4, 0.5) is 5.69 Å². The van der Waals surface area contributed by atoms with Gasteiger partial charge in [-0.3, -0.25) is 4.79 Å².